The molecule has 1 aliphatic rings. The lowest BCUT2D eigenvalue weighted by molar-refractivity contribution is -0.146. The van der Waals surface area contributed by atoms with Gasteiger partial charge in [0, 0.05) is 43.8 Å². The minimum Gasteiger partial charge on any atom is -0.469 e. The summed E-state index contributed by atoms with van der Waals surface area (Å²) in [7, 11) is 3.21. The third-order valence-electron chi connectivity index (χ3n) is 4.95. The summed E-state index contributed by atoms with van der Waals surface area (Å²) in [6, 6.07) is 4.80. The van der Waals surface area contributed by atoms with E-state index in [-0.39, 0.29) is 41.7 Å². The Morgan fingerprint density at radius 1 is 1.41 bits per heavy atom. The lowest BCUT2D eigenvalue weighted by Crippen LogP contribution is -2.47. The van der Waals surface area contributed by atoms with Gasteiger partial charge in [0.2, 0.25) is 0 Å². The molecule has 0 bridgehead atoms. The van der Waals surface area contributed by atoms with Gasteiger partial charge < -0.3 is 19.9 Å². The highest BCUT2D eigenvalue weighted by Gasteiger charge is 2.26. The van der Waals surface area contributed by atoms with Crippen LogP contribution in [0.3, 0.4) is 0 Å². The standard InChI is InChI=1S/C19H25FN4O2.HI/c1-21-19(24-9-6-13(7-10-24)18(25)26-2)22-8-5-14-12-23-17-11-15(20)3-4-16(14)17;/h3-4,11-13,23H,5-10H2,1-2H3,(H,21,22);1H. The van der Waals surface area contributed by atoms with Crippen molar-refractivity contribution in [1.82, 2.24) is 15.2 Å². The van der Waals surface area contributed by atoms with Crippen LogP contribution in [-0.4, -0.2) is 55.6 Å². The van der Waals surface area contributed by atoms with Crippen molar-refractivity contribution >= 4 is 46.8 Å². The number of ether oxygens (including phenoxy) is 1. The first-order valence-electron chi connectivity index (χ1n) is 8.91. The molecule has 27 heavy (non-hydrogen) atoms. The fourth-order valence-corrected chi connectivity index (χ4v) is 3.50. The van der Waals surface area contributed by atoms with E-state index in [2.05, 4.69) is 20.2 Å². The minimum absolute atomic E-state index is 0. The van der Waals surface area contributed by atoms with Gasteiger partial charge in [0.15, 0.2) is 5.96 Å². The summed E-state index contributed by atoms with van der Waals surface area (Å²) in [5.74, 6) is 0.475. The summed E-state index contributed by atoms with van der Waals surface area (Å²) in [6.45, 7) is 2.30. The first-order chi connectivity index (χ1) is 12.6. The molecule has 0 unspecified atom stereocenters. The van der Waals surface area contributed by atoms with Crippen molar-refractivity contribution in [2.45, 2.75) is 19.3 Å². The van der Waals surface area contributed by atoms with Gasteiger partial charge in [-0.3, -0.25) is 9.79 Å². The Balaban J connectivity index is 0.00000261. The molecule has 1 aliphatic heterocycles. The van der Waals surface area contributed by atoms with E-state index in [1.165, 1.54) is 19.2 Å². The first kappa shape index (κ1) is 21.5. The van der Waals surface area contributed by atoms with Crippen molar-refractivity contribution in [2.24, 2.45) is 10.9 Å². The summed E-state index contributed by atoms with van der Waals surface area (Å²) in [4.78, 5) is 21.3. The third kappa shape index (κ3) is 5.12. The molecule has 1 aromatic carbocycles. The van der Waals surface area contributed by atoms with E-state index in [0.29, 0.717) is 0 Å². The summed E-state index contributed by atoms with van der Waals surface area (Å²) in [6.07, 6.45) is 4.29. The number of aromatic nitrogens is 1. The molecule has 0 aliphatic carbocycles. The molecule has 1 fully saturated rings. The molecular formula is C19H26FIN4O2. The van der Waals surface area contributed by atoms with Gasteiger partial charge >= 0.3 is 5.97 Å². The van der Waals surface area contributed by atoms with E-state index < -0.39 is 0 Å². The van der Waals surface area contributed by atoms with Crippen LogP contribution in [0.15, 0.2) is 29.4 Å². The number of nitrogens with one attached hydrogen (secondary N) is 2. The Morgan fingerprint density at radius 3 is 2.81 bits per heavy atom. The Kier molecular flexibility index (Phi) is 7.88. The zero-order valence-electron chi connectivity index (χ0n) is 15.6. The average molecular weight is 488 g/mol. The molecule has 2 N–H and O–H groups in total. The normalized spacial score (nSPS) is 15.5. The average Bonchev–Trinajstić information content (AvgIpc) is 3.06. The number of rotatable bonds is 4. The number of likely N-dealkylation sites (tertiary alicyclic amines) is 1. The number of H-pyrrole nitrogens is 1. The number of carbonyl (C=O) groups is 1. The molecule has 0 saturated carbocycles. The molecule has 2 heterocycles. The van der Waals surface area contributed by atoms with Gasteiger partial charge in [0.05, 0.1) is 13.0 Å². The second-order valence-corrected chi connectivity index (χ2v) is 6.51. The largest absolute Gasteiger partial charge is 0.469 e. The first-order valence-corrected chi connectivity index (χ1v) is 8.91. The van der Waals surface area contributed by atoms with Crippen LogP contribution in [0.1, 0.15) is 18.4 Å². The number of halogens is 2. The molecule has 1 aromatic heterocycles. The highest BCUT2D eigenvalue weighted by Crippen LogP contribution is 2.20. The quantitative estimate of drug-likeness (QED) is 0.301. The highest BCUT2D eigenvalue weighted by atomic mass is 127. The lowest BCUT2D eigenvalue weighted by Gasteiger charge is -2.33. The fourth-order valence-electron chi connectivity index (χ4n) is 3.50. The van der Waals surface area contributed by atoms with Gasteiger partial charge in [-0.05, 0) is 43.0 Å². The van der Waals surface area contributed by atoms with Crippen LogP contribution in [0.25, 0.3) is 10.9 Å². The van der Waals surface area contributed by atoms with E-state index in [1.54, 1.807) is 7.05 Å². The predicted octanol–water partition coefficient (Wildman–Crippen LogP) is 2.93. The van der Waals surface area contributed by atoms with Crippen LogP contribution < -0.4 is 5.32 Å². The summed E-state index contributed by atoms with van der Waals surface area (Å²) < 4.78 is 18.1. The van der Waals surface area contributed by atoms with Crippen LogP contribution in [0.2, 0.25) is 0 Å². The van der Waals surface area contributed by atoms with Crippen molar-refractivity contribution in [3.63, 3.8) is 0 Å². The van der Waals surface area contributed by atoms with Crippen molar-refractivity contribution < 1.29 is 13.9 Å². The molecule has 0 atom stereocenters. The topological polar surface area (TPSA) is 69.7 Å². The number of esters is 1. The maximum Gasteiger partial charge on any atom is 0.308 e. The lowest BCUT2D eigenvalue weighted by atomic mass is 9.97. The van der Waals surface area contributed by atoms with Crippen LogP contribution in [0, 0.1) is 11.7 Å². The van der Waals surface area contributed by atoms with E-state index in [1.807, 2.05) is 12.3 Å². The maximum atomic E-state index is 13.3. The Morgan fingerprint density at radius 2 is 2.15 bits per heavy atom. The molecule has 1 saturated heterocycles. The van der Waals surface area contributed by atoms with Crippen LogP contribution in [0.4, 0.5) is 4.39 Å². The molecule has 6 nitrogen and oxygen atoms in total. The molecule has 2 aromatic rings. The monoisotopic (exact) mass is 488 g/mol. The maximum absolute atomic E-state index is 13.3. The smallest absolute Gasteiger partial charge is 0.308 e. The molecule has 0 amide bonds. The minimum atomic E-state index is -0.236. The van der Waals surface area contributed by atoms with E-state index in [4.69, 9.17) is 4.74 Å². The molecule has 3 rings (SSSR count). The number of carbonyl (C=O) groups excluding carboxylic acids is 1. The Bertz CT molecular complexity index is 800. The number of methoxy groups -OCH3 is 1. The van der Waals surface area contributed by atoms with Crippen LogP contribution in [0.5, 0.6) is 0 Å². The Labute approximate surface area is 175 Å². The number of aliphatic imine (C=N–C) groups is 1. The number of aromatic amines is 1. The second-order valence-electron chi connectivity index (χ2n) is 6.51. The van der Waals surface area contributed by atoms with Crippen molar-refractivity contribution in [2.75, 3.05) is 33.8 Å². The second kappa shape index (κ2) is 9.91. The number of guanidine groups is 1. The predicted molar refractivity (Wildman–Crippen MR) is 115 cm³/mol. The number of fused-ring (bicyclic) bond motifs is 1. The molecule has 0 radical (unpaired) electrons. The van der Waals surface area contributed by atoms with E-state index in [0.717, 1.165) is 61.3 Å². The van der Waals surface area contributed by atoms with Gasteiger partial charge in [0.1, 0.15) is 5.82 Å². The third-order valence-corrected chi connectivity index (χ3v) is 4.95. The van der Waals surface area contributed by atoms with Crippen LogP contribution in [-0.2, 0) is 16.0 Å². The van der Waals surface area contributed by atoms with Gasteiger partial charge in [-0.15, -0.1) is 24.0 Å². The zero-order chi connectivity index (χ0) is 18.5. The summed E-state index contributed by atoms with van der Waals surface area (Å²) in [5.41, 5.74) is 1.96. The van der Waals surface area contributed by atoms with Gasteiger partial charge in [-0.1, -0.05) is 0 Å². The number of nitrogens with zero attached hydrogens (tertiary/aromatic N) is 2. The van der Waals surface area contributed by atoms with Gasteiger partial charge in [-0.25, -0.2) is 4.39 Å². The van der Waals surface area contributed by atoms with E-state index in [9.17, 15) is 9.18 Å². The molecular weight excluding hydrogens is 462 g/mol. The molecule has 8 heteroatoms. The van der Waals surface area contributed by atoms with E-state index >= 15 is 0 Å². The summed E-state index contributed by atoms with van der Waals surface area (Å²) in [5, 5.41) is 4.43. The van der Waals surface area contributed by atoms with Crippen molar-refractivity contribution in [3.05, 3.63) is 35.8 Å². The van der Waals surface area contributed by atoms with Crippen molar-refractivity contribution in [3.8, 4) is 0 Å². The van der Waals surface area contributed by atoms with Gasteiger partial charge in [0.25, 0.3) is 0 Å². The fraction of sp³-hybridized carbons (Fsp3) is 0.474. The highest BCUT2D eigenvalue weighted by molar-refractivity contribution is 14.0. The number of hydrogen-bond acceptors (Lipinski definition) is 3. The Hall–Kier alpha value is -1.84. The van der Waals surface area contributed by atoms with Gasteiger partial charge in [-0.2, -0.15) is 0 Å². The molecule has 148 valence electrons. The SMILES string of the molecule is CN=C(NCCc1c[nH]c2cc(F)ccc12)N1CCC(C(=O)OC)CC1.I. The van der Waals surface area contributed by atoms with Crippen LogP contribution >= 0.6 is 24.0 Å². The number of benzene rings is 1. The van der Waals surface area contributed by atoms with Crippen molar-refractivity contribution in [1.29, 1.82) is 0 Å². The zero-order valence-corrected chi connectivity index (χ0v) is 18.0. The number of hydrogen-bond donors (Lipinski definition) is 2. The molecule has 0 spiro atoms. The number of piperidine rings is 1. The summed E-state index contributed by atoms with van der Waals surface area (Å²) >= 11 is 0.